The minimum absolute atomic E-state index is 0.216. The zero-order valence-electron chi connectivity index (χ0n) is 10.8. The lowest BCUT2D eigenvalue weighted by molar-refractivity contribution is -0.141. The molecular formula is C14H19NO3. The molecule has 0 fully saturated rings. The lowest BCUT2D eigenvalue weighted by atomic mass is 10.1. The fourth-order valence-electron chi connectivity index (χ4n) is 1.68. The van der Waals surface area contributed by atoms with Crippen LogP contribution in [0.5, 0.6) is 0 Å². The van der Waals surface area contributed by atoms with E-state index in [0.29, 0.717) is 6.42 Å². The average Bonchev–Trinajstić information content (AvgIpc) is 2.31. The summed E-state index contributed by atoms with van der Waals surface area (Å²) in [4.78, 5) is 22.6. The molecule has 0 unspecified atom stereocenters. The molecule has 1 atom stereocenters. The predicted molar refractivity (Wildman–Crippen MR) is 69.4 cm³/mol. The Bertz CT molecular complexity index is 412. The van der Waals surface area contributed by atoms with E-state index in [1.807, 2.05) is 38.1 Å². The summed E-state index contributed by atoms with van der Waals surface area (Å²) in [6.45, 7) is 3.87. The fourth-order valence-corrected chi connectivity index (χ4v) is 1.68. The highest BCUT2D eigenvalue weighted by atomic mass is 16.4. The molecule has 4 heteroatoms. The van der Waals surface area contributed by atoms with Crippen molar-refractivity contribution in [3.05, 3.63) is 35.4 Å². The molecule has 0 spiro atoms. The summed E-state index contributed by atoms with van der Waals surface area (Å²) >= 11 is 0. The third-order valence-electron chi connectivity index (χ3n) is 2.70. The third kappa shape index (κ3) is 4.57. The van der Waals surface area contributed by atoms with Gasteiger partial charge in [0.15, 0.2) is 0 Å². The first kappa shape index (κ1) is 14.2. The molecular weight excluding hydrogens is 230 g/mol. The van der Waals surface area contributed by atoms with Crippen molar-refractivity contribution < 1.29 is 14.7 Å². The molecule has 98 valence electrons. The van der Waals surface area contributed by atoms with Gasteiger partial charge in [0.25, 0.3) is 0 Å². The zero-order chi connectivity index (χ0) is 13.5. The number of carbonyl (C=O) groups excluding carboxylic acids is 1. The molecule has 0 aromatic heterocycles. The van der Waals surface area contributed by atoms with Crippen LogP contribution in [0.15, 0.2) is 24.3 Å². The largest absolute Gasteiger partial charge is 0.480 e. The second-order valence-corrected chi connectivity index (χ2v) is 4.41. The maximum absolute atomic E-state index is 11.7. The molecule has 1 aromatic carbocycles. The highest BCUT2D eigenvalue weighted by Gasteiger charge is 2.18. The lowest BCUT2D eigenvalue weighted by Crippen LogP contribution is -2.41. The van der Waals surface area contributed by atoms with Crippen LogP contribution in [0.2, 0.25) is 0 Å². The first-order valence-electron chi connectivity index (χ1n) is 6.10. The van der Waals surface area contributed by atoms with Gasteiger partial charge in [-0.3, -0.25) is 4.79 Å². The van der Waals surface area contributed by atoms with E-state index in [0.717, 1.165) is 17.5 Å². The Morgan fingerprint density at radius 3 is 2.39 bits per heavy atom. The van der Waals surface area contributed by atoms with Crippen LogP contribution in [0.4, 0.5) is 0 Å². The van der Waals surface area contributed by atoms with E-state index in [4.69, 9.17) is 5.11 Å². The Balaban J connectivity index is 2.54. The standard InChI is InChI=1S/C14H19NO3/c1-3-4-12(14(17)18)15-13(16)9-11-7-5-10(2)6-8-11/h5-8,12H,3-4,9H2,1-2H3,(H,15,16)(H,17,18)/t12-/m1/s1. The van der Waals surface area contributed by atoms with E-state index >= 15 is 0 Å². The van der Waals surface area contributed by atoms with Gasteiger partial charge in [-0.05, 0) is 18.9 Å². The van der Waals surface area contributed by atoms with Gasteiger partial charge in [0.05, 0.1) is 6.42 Å². The summed E-state index contributed by atoms with van der Waals surface area (Å²) in [7, 11) is 0. The number of aliphatic carboxylic acids is 1. The topological polar surface area (TPSA) is 66.4 Å². The molecule has 1 rings (SSSR count). The molecule has 0 aliphatic carbocycles. The van der Waals surface area contributed by atoms with E-state index in [2.05, 4.69) is 5.32 Å². The maximum Gasteiger partial charge on any atom is 0.326 e. The van der Waals surface area contributed by atoms with Gasteiger partial charge >= 0.3 is 5.97 Å². The second-order valence-electron chi connectivity index (χ2n) is 4.41. The van der Waals surface area contributed by atoms with Gasteiger partial charge in [-0.1, -0.05) is 43.2 Å². The average molecular weight is 249 g/mol. The van der Waals surface area contributed by atoms with Crippen LogP contribution in [0.3, 0.4) is 0 Å². The fraction of sp³-hybridized carbons (Fsp3) is 0.429. The lowest BCUT2D eigenvalue weighted by Gasteiger charge is -2.13. The Morgan fingerprint density at radius 2 is 1.89 bits per heavy atom. The molecule has 2 N–H and O–H groups in total. The minimum atomic E-state index is -0.978. The summed E-state index contributed by atoms with van der Waals surface area (Å²) in [5.74, 6) is -1.23. The third-order valence-corrected chi connectivity index (χ3v) is 2.70. The SMILES string of the molecule is CCC[C@@H](NC(=O)Cc1ccc(C)cc1)C(=O)O. The molecule has 0 heterocycles. The first-order valence-corrected chi connectivity index (χ1v) is 6.10. The molecule has 18 heavy (non-hydrogen) atoms. The number of carboxylic acids is 1. The first-order chi connectivity index (χ1) is 8.52. The number of carboxylic acid groups (broad SMARTS) is 1. The van der Waals surface area contributed by atoms with Gasteiger partial charge < -0.3 is 10.4 Å². The molecule has 4 nitrogen and oxygen atoms in total. The van der Waals surface area contributed by atoms with Crippen LogP contribution >= 0.6 is 0 Å². The van der Waals surface area contributed by atoms with Gasteiger partial charge in [0, 0.05) is 0 Å². The summed E-state index contributed by atoms with van der Waals surface area (Å²) < 4.78 is 0. The van der Waals surface area contributed by atoms with Crippen LogP contribution in [0, 0.1) is 6.92 Å². The monoisotopic (exact) mass is 249 g/mol. The van der Waals surface area contributed by atoms with Crippen LogP contribution in [-0.4, -0.2) is 23.0 Å². The van der Waals surface area contributed by atoms with Crippen molar-refractivity contribution in [2.75, 3.05) is 0 Å². The predicted octanol–water partition coefficient (Wildman–Crippen LogP) is 1.91. The Labute approximate surface area is 107 Å². The number of nitrogens with one attached hydrogen (secondary N) is 1. The number of benzene rings is 1. The number of hydrogen-bond acceptors (Lipinski definition) is 2. The van der Waals surface area contributed by atoms with Gasteiger partial charge in [-0.15, -0.1) is 0 Å². The number of rotatable bonds is 6. The Kier molecular flexibility index (Phi) is 5.36. The molecule has 0 radical (unpaired) electrons. The van der Waals surface area contributed by atoms with Crippen molar-refractivity contribution in [2.24, 2.45) is 0 Å². The Hall–Kier alpha value is -1.84. The van der Waals surface area contributed by atoms with Crippen molar-refractivity contribution in [1.29, 1.82) is 0 Å². The van der Waals surface area contributed by atoms with Crippen LogP contribution < -0.4 is 5.32 Å². The molecule has 0 saturated heterocycles. The number of carbonyl (C=O) groups is 2. The highest BCUT2D eigenvalue weighted by molar-refractivity contribution is 5.84. The molecule has 1 amide bonds. The molecule has 0 saturated carbocycles. The van der Waals surface area contributed by atoms with E-state index in [1.54, 1.807) is 0 Å². The van der Waals surface area contributed by atoms with Gasteiger partial charge in [-0.2, -0.15) is 0 Å². The van der Waals surface area contributed by atoms with Gasteiger partial charge in [0.2, 0.25) is 5.91 Å². The van der Waals surface area contributed by atoms with Gasteiger partial charge in [-0.25, -0.2) is 4.79 Å². The van der Waals surface area contributed by atoms with Crippen LogP contribution in [0.1, 0.15) is 30.9 Å². The van der Waals surface area contributed by atoms with Gasteiger partial charge in [0.1, 0.15) is 6.04 Å². The highest BCUT2D eigenvalue weighted by Crippen LogP contribution is 2.04. The quantitative estimate of drug-likeness (QED) is 0.809. The molecule has 0 aliphatic rings. The van der Waals surface area contributed by atoms with Crippen molar-refractivity contribution >= 4 is 11.9 Å². The molecule has 1 aromatic rings. The van der Waals surface area contributed by atoms with E-state index in [-0.39, 0.29) is 12.3 Å². The van der Waals surface area contributed by atoms with E-state index in [9.17, 15) is 9.59 Å². The van der Waals surface area contributed by atoms with Crippen molar-refractivity contribution in [3.8, 4) is 0 Å². The van der Waals surface area contributed by atoms with Crippen LogP contribution in [0.25, 0.3) is 0 Å². The molecule has 0 bridgehead atoms. The van der Waals surface area contributed by atoms with Crippen LogP contribution in [-0.2, 0) is 16.0 Å². The summed E-state index contributed by atoms with van der Waals surface area (Å²) in [6, 6.07) is 6.84. The summed E-state index contributed by atoms with van der Waals surface area (Å²) in [6.07, 6.45) is 1.39. The van der Waals surface area contributed by atoms with E-state index < -0.39 is 12.0 Å². The maximum atomic E-state index is 11.7. The molecule has 0 aliphatic heterocycles. The Morgan fingerprint density at radius 1 is 1.28 bits per heavy atom. The normalized spacial score (nSPS) is 11.9. The second kappa shape index (κ2) is 6.79. The van der Waals surface area contributed by atoms with Crippen molar-refractivity contribution in [3.63, 3.8) is 0 Å². The summed E-state index contributed by atoms with van der Waals surface area (Å²) in [5, 5.41) is 11.5. The summed E-state index contributed by atoms with van der Waals surface area (Å²) in [5.41, 5.74) is 2.02. The van der Waals surface area contributed by atoms with E-state index in [1.165, 1.54) is 0 Å². The smallest absolute Gasteiger partial charge is 0.326 e. The van der Waals surface area contributed by atoms with Crippen molar-refractivity contribution in [1.82, 2.24) is 5.32 Å². The van der Waals surface area contributed by atoms with Crippen molar-refractivity contribution in [2.45, 2.75) is 39.2 Å². The number of hydrogen-bond donors (Lipinski definition) is 2. The number of amides is 1. The number of aryl methyl sites for hydroxylation is 1. The zero-order valence-corrected chi connectivity index (χ0v) is 10.8. The minimum Gasteiger partial charge on any atom is -0.480 e.